The van der Waals surface area contributed by atoms with Crippen molar-refractivity contribution in [3.63, 3.8) is 0 Å². The van der Waals surface area contributed by atoms with Gasteiger partial charge < -0.3 is 9.64 Å². The van der Waals surface area contributed by atoms with Crippen LogP contribution < -0.4 is 4.74 Å². The molecule has 0 bridgehead atoms. The van der Waals surface area contributed by atoms with Gasteiger partial charge in [-0.3, -0.25) is 9.59 Å². The molecule has 1 heterocycles. The van der Waals surface area contributed by atoms with E-state index in [2.05, 4.69) is 0 Å². The summed E-state index contributed by atoms with van der Waals surface area (Å²) in [4.78, 5) is 25.7. The maximum absolute atomic E-state index is 13.8. The largest absolute Gasteiger partial charge is 0.494 e. The highest BCUT2D eigenvalue weighted by molar-refractivity contribution is 8.04. The topological polar surface area (TPSA) is 46.6 Å². The minimum Gasteiger partial charge on any atom is -0.494 e. The van der Waals surface area contributed by atoms with E-state index in [1.807, 2.05) is 20.8 Å². The van der Waals surface area contributed by atoms with Gasteiger partial charge in [0.1, 0.15) is 0 Å². The van der Waals surface area contributed by atoms with Crippen LogP contribution in [0.1, 0.15) is 26.3 Å². The maximum atomic E-state index is 13.8. The lowest BCUT2D eigenvalue weighted by Crippen LogP contribution is -2.26. The smallest absolute Gasteiger partial charge is 0.238 e. The molecule has 0 N–H and O–H groups in total. The van der Waals surface area contributed by atoms with Gasteiger partial charge in [-0.2, -0.15) is 0 Å². The number of halogens is 1. The van der Waals surface area contributed by atoms with Crippen LogP contribution in [-0.4, -0.2) is 29.5 Å². The molecule has 23 heavy (non-hydrogen) atoms. The second kappa shape index (κ2) is 6.74. The number of hydrogen-bond acceptors (Lipinski definition) is 4. The molecule has 124 valence electrons. The third-order valence-corrected chi connectivity index (χ3v) is 4.49. The number of carbonyl (C=O) groups is 2. The number of rotatable bonds is 4. The summed E-state index contributed by atoms with van der Waals surface area (Å²) in [6.45, 7) is 5.72. The minimum atomic E-state index is -0.503. The van der Waals surface area contributed by atoms with Gasteiger partial charge in [-0.1, -0.05) is 38.6 Å². The molecule has 1 aromatic rings. The number of benzene rings is 1. The lowest BCUT2D eigenvalue weighted by Gasteiger charge is -2.19. The van der Waals surface area contributed by atoms with E-state index in [0.29, 0.717) is 16.3 Å². The molecule has 1 amide bonds. The van der Waals surface area contributed by atoms with Crippen LogP contribution in [0.4, 0.5) is 4.39 Å². The van der Waals surface area contributed by atoms with Gasteiger partial charge >= 0.3 is 0 Å². The zero-order valence-electron chi connectivity index (χ0n) is 13.7. The Hall–Kier alpha value is -1.82. The summed E-state index contributed by atoms with van der Waals surface area (Å²) >= 11 is 1.33. The molecule has 0 saturated carbocycles. The Labute approximate surface area is 139 Å². The van der Waals surface area contributed by atoms with Gasteiger partial charge in [0, 0.05) is 11.5 Å². The normalized spacial score (nSPS) is 17.0. The summed E-state index contributed by atoms with van der Waals surface area (Å²) in [7, 11) is 1.40. The number of allylic oxidation sites excluding steroid dienone is 1. The zero-order valence-corrected chi connectivity index (χ0v) is 14.5. The highest BCUT2D eigenvalue weighted by Gasteiger charge is 2.29. The second-order valence-electron chi connectivity index (χ2n) is 6.33. The summed E-state index contributed by atoms with van der Waals surface area (Å²) in [6, 6.07) is 4.59. The monoisotopic (exact) mass is 337 g/mol. The Morgan fingerprint density at radius 3 is 2.70 bits per heavy atom. The van der Waals surface area contributed by atoms with Crippen LogP contribution in [0.5, 0.6) is 5.75 Å². The van der Waals surface area contributed by atoms with Crippen LogP contribution in [-0.2, 0) is 16.1 Å². The van der Waals surface area contributed by atoms with Crippen molar-refractivity contribution in [2.45, 2.75) is 27.3 Å². The van der Waals surface area contributed by atoms with E-state index in [0.717, 1.165) is 0 Å². The number of hydrogen-bond donors (Lipinski definition) is 0. The number of amides is 1. The van der Waals surface area contributed by atoms with Gasteiger partial charge in [0.25, 0.3) is 0 Å². The van der Waals surface area contributed by atoms with Crippen LogP contribution in [0.3, 0.4) is 0 Å². The molecule has 1 fully saturated rings. The number of nitrogens with zero attached hydrogens (tertiary/aromatic N) is 1. The summed E-state index contributed by atoms with van der Waals surface area (Å²) < 4.78 is 18.7. The molecule has 0 atom stereocenters. The van der Waals surface area contributed by atoms with Gasteiger partial charge in [-0.25, -0.2) is 4.39 Å². The third kappa shape index (κ3) is 4.13. The first kappa shape index (κ1) is 17.5. The first-order chi connectivity index (χ1) is 10.7. The summed E-state index contributed by atoms with van der Waals surface area (Å²) in [5.41, 5.74) is 0.144. The van der Waals surface area contributed by atoms with Crippen LogP contribution in [0, 0.1) is 11.2 Å². The molecule has 6 heteroatoms. The highest BCUT2D eigenvalue weighted by atomic mass is 32.2. The third-order valence-electron chi connectivity index (χ3n) is 3.46. The number of thioether (sulfide) groups is 1. The molecular formula is C17H20FNO3S. The molecule has 0 spiro atoms. The number of ether oxygens (including phenoxy) is 1. The molecule has 0 aromatic heterocycles. The van der Waals surface area contributed by atoms with Crippen molar-refractivity contribution in [1.82, 2.24) is 4.90 Å². The van der Waals surface area contributed by atoms with Crippen molar-refractivity contribution in [1.29, 1.82) is 0 Å². The number of carbonyl (C=O) groups excluding carboxylic acids is 2. The molecule has 2 rings (SSSR count). The highest BCUT2D eigenvalue weighted by Crippen LogP contribution is 2.32. The van der Waals surface area contributed by atoms with Crippen molar-refractivity contribution in [3.05, 3.63) is 40.7 Å². The van der Waals surface area contributed by atoms with Crippen molar-refractivity contribution in [2.24, 2.45) is 5.41 Å². The quantitative estimate of drug-likeness (QED) is 0.791. The van der Waals surface area contributed by atoms with E-state index >= 15 is 0 Å². The molecule has 1 saturated heterocycles. The lowest BCUT2D eigenvalue weighted by atomic mass is 9.91. The van der Waals surface area contributed by atoms with Gasteiger partial charge in [-0.05, 0) is 17.7 Å². The number of ketones is 1. The van der Waals surface area contributed by atoms with Gasteiger partial charge in [0.2, 0.25) is 5.91 Å². The summed E-state index contributed by atoms with van der Waals surface area (Å²) in [5.74, 6) is -0.142. The molecule has 1 aromatic carbocycles. The average Bonchev–Trinajstić information content (AvgIpc) is 2.79. The van der Waals surface area contributed by atoms with E-state index in [-0.39, 0.29) is 24.0 Å². The zero-order chi connectivity index (χ0) is 17.2. The van der Waals surface area contributed by atoms with E-state index in [4.69, 9.17) is 4.74 Å². The molecular weight excluding hydrogens is 317 g/mol. The minimum absolute atomic E-state index is 0.0411. The summed E-state index contributed by atoms with van der Waals surface area (Å²) in [6.07, 6.45) is 1.51. The van der Waals surface area contributed by atoms with E-state index < -0.39 is 11.2 Å². The van der Waals surface area contributed by atoms with Crippen LogP contribution >= 0.6 is 11.8 Å². The van der Waals surface area contributed by atoms with Crippen LogP contribution in [0.2, 0.25) is 0 Å². The lowest BCUT2D eigenvalue weighted by molar-refractivity contribution is -0.125. The summed E-state index contributed by atoms with van der Waals surface area (Å²) in [5, 5.41) is 0.617. The van der Waals surface area contributed by atoms with Crippen LogP contribution in [0.25, 0.3) is 0 Å². The van der Waals surface area contributed by atoms with Crippen molar-refractivity contribution >= 4 is 23.5 Å². The van der Waals surface area contributed by atoms with E-state index in [1.165, 1.54) is 42.0 Å². The first-order valence-electron chi connectivity index (χ1n) is 7.24. The fraction of sp³-hybridized carbons (Fsp3) is 0.412. The SMILES string of the molecule is COc1ccc(CN2C(=O)CS/C2=C\C(=O)C(C)(C)C)cc1F. The first-order valence-corrected chi connectivity index (χ1v) is 8.22. The Kier molecular flexibility index (Phi) is 5.14. The van der Waals surface area contributed by atoms with E-state index in [9.17, 15) is 14.0 Å². The van der Waals surface area contributed by atoms with Crippen molar-refractivity contribution in [3.8, 4) is 5.75 Å². The Morgan fingerprint density at radius 1 is 1.43 bits per heavy atom. The van der Waals surface area contributed by atoms with Crippen LogP contribution in [0.15, 0.2) is 29.3 Å². The molecule has 4 nitrogen and oxygen atoms in total. The molecule has 0 aliphatic carbocycles. The molecule has 0 unspecified atom stereocenters. The molecule has 0 radical (unpaired) electrons. The van der Waals surface area contributed by atoms with Gasteiger partial charge in [-0.15, -0.1) is 0 Å². The Morgan fingerprint density at radius 2 is 2.13 bits per heavy atom. The Bertz CT molecular complexity index is 664. The molecule has 1 aliphatic heterocycles. The van der Waals surface area contributed by atoms with Crippen molar-refractivity contribution in [2.75, 3.05) is 12.9 Å². The second-order valence-corrected chi connectivity index (χ2v) is 7.33. The standard InChI is InChI=1S/C17H20FNO3S/c1-17(2,3)14(20)8-16-19(15(21)10-23-16)9-11-5-6-13(22-4)12(18)7-11/h5-8H,9-10H2,1-4H3/b16-8-. The Balaban J connectivity index is 2.22. The fourth-order valence-electron chi connectivity index (χ4n) is 2.02. The van der Waals surface area contributed by atoms with E-state index in [1.54, 1.807) is 6.07 Å². The van der Waals surface area contributed by atoms with Gasteiger partial charge in [0.05, 0.1) is 24.4 Å². The molecule has 1 aliphatic rings. The predicted molar refractivity (Wildman–Crippen MR) is 88.5 cm³/mol. The number of methoxy groups -OCH3 is 1. The fourth-order valence-corrected chi connectivity index (χ4v) is 2.96. The predicted octanol–water partition coefficient (Wildman–Crippen LogP) is 3.37. The van der Waals surface area contributed by atoms with Crippen molar-refractivity contribution < 1.29 is 18.7 Å². The average molecular weight is 337 g/mol. The maximum Gasteiger partial charge on any atom is 0.238 e. The van der Waals surface area contributed by atoms with Gasteiger partial charge in [0.15, 0.2) is 17.3 Å².